The number of nitro groups is 1. The lowest BCUT2D eigenvalue weighted by molar-refractivity contribution is -0.383. The summed E-state index contributed by atoms with van der Waals surface area (Å²) in [4.78, 5) is 22.6. The Balaban J connectivity index is 1.40. The van der Waals surface area contributed by atoms with E-state index in [1.807, 2.05) is 6.07 Å². The average molecular weight is 1170 g/mol. The molecule has 0 aliphatic rings. The third-order valence-electron chi connectivity index (χ3n) is 17.9. The SMILES string of the molecule is CCCCCCCCCCCCCCOc1cc2c3cc(OCCCCCCCCCCCCCC)c(OCCCCCCCCCCCCCC)cc3c3nc4c([N+](=O)[O-])cccc4nc3c2cc1OCCCCCCCCCCCCCC. The van der Waals surface area contributed by atoms with E-state index >= 15 is 0 Å². The van der Waals surface area contributed by atoms with Crippen molar-refractivity contribution in [3.8, 4) is 23.0 Å². The molecule has 0 saturated heterocycles. The molecule has 478 valence electrons. The maximum absolute atomic E-state index is 12.5. The Hall–Kier alpha value is -4.40. The number of unbranched alkanes of at least 4 members (excludes halogenated alkanes) is 44. The molecule has 0 N–H and O–H groups in total. The summed E-state index contributed by atoms with van der Waals surface area (Å²) in [6.07, 6.45) is 61.7. The summed E-state index contributed by atoms with van der Waals surface area (Å²) >= 11 is 0. The second-order valence-corrected chi connectivity index (χ2v) is 25.5. The van der Waals surface area contributed by atoms with Crippen LogP contribution in [0.5, 0.6) is 23.0 Å². The maximum Gasteiger partial charge on any atom is 0.297 e. The van der Waals surface area contributed by atoms with E-state index in [4.69, 9.17) is 28.9 Å². The molecule has 5 aromatic rings. The molecule has 5 rings (SSSR count). The highest BCUT2D eigenvalue weighted by Gasteiger charge is 2.22. The first-order chi connectivity index (χ1) is 42.0. The van der Waals surface area contributed by atoms with Crippen molar-refractivity contribution in [2.45, 2.75) is 336 Å². The Morgan fingerprint density at radius 2 is 0.541 bits per heavy atom. The van der Waals surface area contributed by atoms with Crippen molar-refractivity contribution < 1.29 is 23.9 Å². The molecule has 0 fully saturated rings. The Labute approximate surface area is 518 Å². The Morgan fingerprint density at radius 3 is 0.800 bits per heavy atom. The molecule has 9 nitrogen and oxygen atoms in total. The highest BCUT2D eigenvalue weighted by atomic mass is 16.6. The lowest BCUT2D eigenvalue weighted by atomic mass is 9.97. The normalized spacial score (nSPS) is 11.7. The molecule has 0 amide bonds. The number of benzene rings is 4. The van der Waals surface area contributed by atoms with Crippen molar-refractivity contribution in [2.75, 3.05) is 26.4 Å². The van der Waals surface area contributed by atoms with E-state index in [0.717, 1.165) is 84.4 Å². The summed E-state index contributed by atoms with van der Waals surface area (Å²) in [6.45, 7) is 11.5. The van der Waals surface area contributed by atoms with Gasteiger partial charge in [0.15, 0.2) is 28.5 Å². The molecule has 0 unspecified atom stereocenters. The number of fused-ring (bicyclic) bond motifs is 7. The fourth-order valence-corrected chi connectivity index (χ4v) is 12.5. The average Bonchev–Trinajstić information content (AvgIpc) is 0.826. The van der Waals surface area contributed by atoms with Gasteiger partial charge in [-0.1, -0.05) is 316 Å². The van der Waals surface area contributed by atoms with Crippen LogP contribution in [0, 0.1) is 10.1 Å². The van der Waals surface area contributed by atoms with Gasteiger partial charge in [-0.05, 0) is 66.8 Å². The summed E-state index contributed by atoms with van der Waals surface area (Å²) in [5, 5.41) is 16.1. The predicted molar refractivity (Wildman–Crippen MR) is 365 cm³/mol. The van der Waals surface area contributed by atoms with Gasteiger partial charge in [-0.25, -0.2) is 9.97 Å². The summed E-state index contributed by atoms with van der Waals surface area (Å²) in [7, 11) is 0. The summed E-state index contributed by atoms with van der Waals surface area (Å²) in [5.74, 6) is 2.86. The molecular formula is C76H123N3O6. The quantitative estimate of drug-likeness (QED) is 0.0125. The molecule has 0 bridgehead atoms. The van der Waals surface area contributed by atoms with E-state index in [-0.39, 0.29) is 16.1 Å². The number of hydrogen-bond acceptors (Lipinski definition) is 8. The molecule has 0 atom stereocenters. The zero-order chi connectivity index (χ0) is 60.0. The van der Waals surface area contributed by atoms with E-state index in [2.05, 4.69) is 52.0 Å². The Kier molecular flexibility index (Phi) is 39.2. The van der Waals surface area contributed by atoms with Gasteiger partial charge in [0, 0.05) is 16.8 Å². The van der Waals surface area contributed by atoms with Crippen LogP contribution in [0.15, 0.2) is 42.5 Å². The molecule has 0 aliphatic carbocycles. The third kappa shape index (κ3) is 28.5. The molecule has 1 heterocycles. The topological polar surface area (TPSA) is 106 Å². The van der Waals surface area contributed by atoms with Crippen molar-refractivity contribution in [1.82, 2.24) is 9.97 Å². The highest BCUT2D eigenvalue weighted by Crippen LogP contribution is 2.45. The van der Waals surface area contributed by atoms with Crippen LogP contribution in [0.3, 0.4) is 0 Å². The minimum Gasteiger partial charge on any atom is -0.490 e. The molecule has 0 radical (unpaired) electrons. The number of para-hydroxylation sites is 1. The lowest BCUT2D eigenvalue weighted by Gasteiger charge is -2.19. The van der Waals surface area contributed by atoms with Gasteiger partial charge in [0.2, 0.25) is 0 Å². The van der Waals surface area contributed by atoms with Crippen LogP contribution in [0.1, 0.15) is 336 Å². The van der Waals surface area contributed by atoms with Crippen LogP contribution < -0.4 is 18.9 Å². The number of aromatic nitrogens is 2. The zero-order valence-electron chi connectivity index (χ0n) is 55.1. The second-order valence-electron chi connectivity index (χ2n) is 25.5. The fraction of sp³-hybridized carbons (Fsp3) is 0.737. The van der Waals surface area contributed by atoms with Crippen LogP contribution in [0.4, 0.5) is 5.69 Å². The molecule has 4 aromatic carbocycles. The summed E-state index contributed by atoms with van der Waals surface area (Å²) in [6, 6.07) is 13.6. The molecule has 0 aliphatic heterocycles. The molecule has 0 spiro atoms. The zero-order valence-corrected chi connectivity index (χ0v) is 55.1. The van der Waals surface area contributed by atoms with Gasteiger partial charge >= 0.3 is 0 Å². The van der Waals surface area contributed by atoms with Crippen molar-refractivity contribution >= 4 is 49.3 Å². The third-order valence-corrected chi connectivity index (χ3v) is 17.9. The van der Waals surface area contributed by atoms with Gasteiger partial charge in [0.1, 0.15) is 0 Å². The van der Waals surface area contributed by atoms with Crippen LogP contribution in [0.2, 0.25) is 0 Å². The number of nitrogens with zero attached hydrogens (tertiary/aromatic N) is 3. The van der Waals surface area contributed by atoms with E-state index < -0.39 is 0 Å². The highest BCUT2D eigenvalue weighted by molar-refractivity contribution is 6.25. The van der Waals surface area contributed by atoms with E-state index in [1.54, 1.807) is 6.07 Å². The van der Waals surface area contributed by atoms with Gasteiger partial charge in [0.05, 0.1) is 47.9 Å². The van der Waals surface area contributed by atoms with Gasteiger partial charge < -0.3 is 18.9 Å². The maximum atomic E-state index is 12.5. The standard InChI is InChI=1S/C76H123N3O6/c1-5-9-13-17-21-25-29-33-37-41-45-49-56-82-70-60-64-65-61-71(83-57-50-46-42-38-34-30-26-22-18-14-10-6-2)73(85-59-52-48-44-40-36-32-28-24-20-16-12-8-4)63-67(65)75-74(77-68-54-53-55-69(79(80)81)76(68)78-75)66(64)62-72(70)84-58-51-47-43-39-35-31-27-23-19-15-11-7-3/h53-55,60-63H,5-52,56-59H2,1-4H3. The first-order valence-corrected chi connectivity index (χ1v) is 36.3. The van der Waals surface area contributed by atoms with Crippen LogP contribution >= 0.6 is 0 Å². The molecular weight excluding hydrogens is 1050 g/mol. The number of hydrogen-bond donors (Lipinski definition) is 0. The van der Waals surface area contributed by atoms with Crippen LogP contribution in [0.25, 0.3) is 43.6 Å². The predicted octanol–water partition coefficient (Wildman–Crippen LogP) is 25.3. The van der Waals surface area contributed by atoms with E-state index in [9.17, 15) is 10.1 Å². The molecule has 0 saturated carbocycles. The van der Waals surface area contributed by atoms with Crippen LogP contribution in [-0.4, -0.2) is 41.3 Å². The first-order valence-electron chi connectivity index (χ1n) is 36.3. The Bertz CT molecular complexity index is 2510. The summed E-state index contributed by atoms with van der Waals surface area (Å²) < 4.78 is 27.2. The Morgan fingerprint density at radius 1 is 0.306 bits per heavy atom. The number of non-ortho nitro benzene ring substituents is 1. The van der Waals surface area contributed by atoms with Crippen molar-refractivity contribution in [1.29, 1.82) is 0 Å². The van der Waals surface area contributed by atoms with Gasteiger partial charge in [-0.15, -0.1) is 0 Å². The van der Waals surface area contributed by atoms with Crippen LogP contribution in [-0.2, 0) is 0 Å². The van der Waals surface area contributed by atoms with E-state index in [1.165, 1.54) is 263 Å². The minimum absolute atomic E-state index is 0.0565. The van der Waals surface area contributed by atoms with Crippen molar-refractivity contribution in [2.24, 2.45) is 0 Å². The number of rotatable bonds is 57. The van der Waals surface area contributed by atoms with E-state index in [0.29, 0.717) is 54.5 Å². The first kappa shape index (κ1) is 71.4. The largest absolute Gasteiger partial charge is 0.490 e. The van der Waals surface area contributed by atoms with Gasteiger partial charge in [-0.2, -0.15) is 0 Å². The lowest BCUT2D eigenvalue weighted by Crippen LogP contribution is -2.05. The molecule has 9 heteroatoms. The number of ether oxygens (including phenoxy) is 4. The smallest absolute Gasteiger partial charge is 0.297 e. The minimum atomic E-state index is -0.349. The van der Waals surface area contributed by atoms with Gasteiger partial charge in [0.25, 0.3) is 5.69 Å². The van der Waals surface area contributed by atoms with Gasteiger partial charge in [-0.3, -0.25) is 10.1 Å². The van der Waals surface area contributed by atoms with Crippen molar-refractivity contribution in [3.05, 3.63) is 52.6 Å². The molecule has 1 aromatic heterocycles. The monoisotopic (exact) mass is 1170 g/mol. The summed E-state index contributed by atoms with van der Waals surface area (Å²) in [5.41, 5.74) is 1.98. The number of nitro benzene ring substituents is 1. The second kappa shape index (κ2) is 46.7. The fourth-order valence-electron chi connectivity index (χ4n) is 12.5. The van der Waals surface area contributed by atoms with Crippen molar-refractivity contribution in [3.63, 3.8) is 0 Å². The molecule has 85 heavy (non-hydrogen) atoms.